The van der Waals surface area contributed by atoms with Crippen molar-refractivity contribution in [1.82, 2.24) is 15.2 Å². The van der Waals surface area contributed by atoms with Crippen molar-refractivity contribution < 1.29 is 0 Å². The molecule has 2 rings (SSSR count). The Kier molecular flexibility index (Phi) is 4.08. The molecule has 18 heavy (non-hydrogen) atoms. The molecule has 0 amide bonds. The van der Waals surface area contributed by atoms with Gasteiger partial charge in [-0.05, 0) is 36.5 Å². The van der Waals surface area contributed by atoms with Gasteiger partial charge in [-0.15, -0.1) is 0 Å². The number of hydrogen-bond acceptors (Lipinski definition) is 2. The number of aromatic nitrogens is 3. The molecule has 1 aliphatic rings. The number of H-pyrrole nitrogens is 1. The molecule has 3 nitrogen and oxygen atoms in total. The molecule has 1 aromatic rings. The molecule has 0 radical (unpaired) electrons. The van der Waals surface area contributed by atoms with E-state index in [1.54, 1.807) is 0 Å². The SMILES string of the molecule is CC1CC(C)C(Cc2nc(C(C)C)n[nH]2)C(C)C1. The van der Waals surface area contributed by atoms with Crippen LogP contribution in [0.15, 0.2) is 0 Å². The lowest BCUT2D eigenvalue weighted by atomic mass is 9.68. The molecular weight excluding hydrogens is 222 g/mol. The zero-order valence-electron chi connectivity index (χ0n) is 12.4. The lowest BCUT2D eigenvalue weighted by Gasteiger charge is -2.37. The third-order valence-corrected chi connectivity index (χ3v) is 4.50. The maximum absolute atomic E-state index is 4.63. The summed E-state index contributed by atoms with van der Waals surface area (Å²) in [6, 6.07) is 0. The van der Waals surface area contributed by atoms with Gasteiger partial charge in [0.2, 0.25) is 0 Å². The topological polar surface area (TPSA) is 41.6 Å². The summed E-state index contributed by atoms with van der Waals surface area (Å²) in [7, 11) is 0. The van der Waals surface area contributed by atoms with E-state index in [1.165, 1.54) is 12.8 Å². The first kappa shape index (κ1) is 13.6. The highest BCUT2D eigenvalue weighted by molar-refractivity contribution is 4.97. The number of nitrogens with one attached hydrogen (secondary N) is 1. The van der Waals surface area contributed by atoms with E-state index in [0.29, 0.717) is 5.92 Å². The van der Waals surface area contributed by atoms with Crippen molar-refractivity contribution in [3.8, 4) is 0 Å². The summed E-state index contributed by atoms with van der Waals surface area (Å²) in [6.45, 7) is 11.5. The first-order valence-electron chi connectivity index (χ1n) is 7.38. The summed E-state index contributed by atoms with van der Waals surface area (Å²) in [5.41, 5.74) is 0. The molecule has 1 aliphatic carbocycles. The summed E-state index contributed by atoms with van der Waals surface area (Å²) in [6.07, 6.45) is 3.79. The second-order valence-electron chi connectivity index (χ2n) is 6.69. The Hall–Kier alpha value is -0.860. The van der Waals surface area contributed by atoms with Crippen LogP contribution in [0.5, 0.6) is 0 Å². The molecule has 0 bridgehead atoms. The molecule has 1 saturated carbocycles. The van der Waals surface area contributed by atoms with Crippen molar-refractivity contribution in [2.45, 2.75) is 59.8 Å². The molecule has 0 aliphatic heterocycles. The van der Waals surface area contributed by atoms with Crippen LogP contribution >= 0.6 is 0 Å². The zero-order chi connectivity index (χ0) is 13.3. The van der Waals surface area contributed by atoms with E-state index >= 15 is 0 Å². The predicted octanol–water partition coefficient (Wildman–Crippen LogP) is 3.79. The molecule has 1 aromatic heterocycles. The van der Waals surface area contributed by atoms with E-state index < -0.39 is 0 Å². The normalized spacial score (nSPS) is 33.0. The minimum absolute atomic E-state index is 0.413. The maximum atomic E-state index is 4.63. The van der Waals surface area contributed by atoms with Crippen LogP contribution in [0.1, 0.15) is 65.0 Å². The van der Waals surface area contributed by atoms with Crippen molar-refractivity contribution in [2.75, 3.05) is 0 Å². The van der Waals surface area contributed by atoms with E-state index in [2.05, 4.69) is 49.8 Å². The zero-order valence-corrected chi connectivity index (χ0v) is 12.4. The van der Waals surface area contributed by atoms with Gasteiger partial charge < -0.3 is 0 Å². The van der Waals surface area contributed by atoms with Crippen molar-refractivity contribution in [2.24, 2.45) is 23.7 Å². The third-order valence-electron chi connectivity index (χ3n) is 4.50. The number of rotatable bonds is 3. The Bertz CT molecular complexity index is 371. The molecule has 2 atom stereocenters. The van der Waals surface area contributed by atoms with Crippen LogP contribution in [0.2, 0.25) is 0 Å². The summed E-state index contributed by atoms with van der Waals surface area (Å²) in [4.78, 5) is 4.63. The van der Waals surface area contributed by atoms with Crippen LogP contribution in [0.25, 0.3) is 0 Å². The van der Waals surface area contributed by atoms with Gasteiger partial charge >= 0.3 is 0 Å². The van der Waals surface area contributed by atoms with E-state index in [1.807, 2.05) is 0 Å². The molecule has 2 unspecified atom stereocenters. The summed E-state index contributed by atoms with van der Waals surface area (Å²) in [5.74, 6) is 5.69. The van der Waals surface area contributed by atoms with Gasteiger partial charge in [0.1, 0.15) is 5.82 Å². The van der Waals surface area contributed by atoms with Crippen molar-refractivity contribution in [1.29, 1.82) is 0 Å². The Morgan fingerprint density at radius 1 is 1.17 bits per heavy atom. The van der Waals surface area contributed by atoms with Gasteiger partial charge in [0.25, 0.3) is 0 Å². The summed E-state index contributed by atoms with van der Waals surface area (Å²) < 4.78 is 0. The Labute approximate surface area is 111 Å². The van der Waals surface area contributed by atoms with Gasteiger partial charge in [-0.2, -0.15) is 5.10 Å². The largest absolute Gasteiger partial charge is 0.263 e. The van der Waals surface area contributed by atoms with Gasteiger partial charge in [0.05, 0.1) is 0 Å². The van der Waals surface area contributed by atoms with Crippen LogP contribution in [0, 0.1) is 23.7 Å². The van der Waals surface area contributed by atoms with Crippen molar-refractivity contribution in [3.05, 3.63) is 11.6 Å². The average molecular weight is 249 g/mol. The average Bonchev–Trinajstić information content (AvgIpc) is 2.71. The van der Waals surface area contributed by atoms with E-state index in [0.717, 1.165) is 41.7 Å². The molecule has 1 N–H and O–H groups in total. The highest BCUT2D eigenvalue weighted by Gasteiger charge is 2.31. The minimum atomic E-state index is 0.413. The van der Waals surface area contributed by atoms with Crippen LogP contribution in [-0.4, -0.2) is 15.2 Å². The first-order chi connectivity index (χ1) is 8.47. The van der Waals surface area contributed by atoms with Crippen LogP contribution in [-0.2, 0) is 6.42 Å². The fourth-order valence-corrected chi connectivity index (χ4v) is 3.56. The second kappa shape index (κ2) is 5.41. The van der Waals surface area contributed by atoms with E-state index in [4.69, 9.17) is 0 Å². The lowest BCUT2D eigenvalue weighted by molar-refractivity contribution is 0.133. The molecule has 0 spiro atoms. The van der Waals surface area contributed by atoms with Gasteiger partial charge in [-0.25, -0.2) is 4.98 Å². The molecule has 102 valence electrons. The van der Waals surface area contributed by atoms with Gasteiger partial charge in [0.15, 0.2) is 5.82 Å². The second-order valence-corrected chi connectivity index (χ2v) is 6.69. The third kappa shape index (κ3) is 2.93. The first-order valence-corrected chi connectivity index (χ1v) is 7.38. The Morgan fingerprint density at radius 2 is 1.78 bits per heavy atom. The van der Waals surface area contributed by atoms with Crippen molar-refractivity contribution >= 4 is 0 Å². The monoisotopic (exact) mass is 249 g/mol. The number of hydrogen-bond donors (Lipinski definition) is 1. The van der Waals surface area contributed by atoms with Crippen LogP contribution in [0.4, 0.5) is 0 Å². The number of nitrogens with zero attached hydrogens (tertiary/aromatic N) is 2. The fraction of sp³-hybridized carbons (Fsp3) is 0.867. The quantitative estimate of drug-likeness (QED) is 0.885. The Balaban J connectivity index is 2.03. The Morgan fingerprint density at radius 3 is 2.28 bits per heavy atom. The molecule has 1 heterocycles. The summed E-state index contributed by atoms with van der Waals surface area (Å²) in [5, 5.41) is 7.44. The van der Waals surface area contributed by atoms with E-state index in [-0.39, 0.29) is 0 Å². The molecule has 1 fully saturated rings. The standard InChI is InChI=1S/C15H27N3/c1-9(2)15-16-14(17-18-15)8-13-11(4)6-10(3)7-12(13)5/h9-13H,6-8H2,1-5H3,(H,16,17,18). The van der Waals surface area contributed by atoms with Gasteiger partial charge in [0, 0.05) is 12.3 Å². The molecule has 3 heteroatoms. The molecule has 0 aromatic carbocycles. The molecular formula is C15H27N3. The smallest absolute Gasteiger partial charge is 0.153 e. The summed E-state index contributed by atoms with van der Waals surface area (Å²) >= 11 is 0. The number of aromatic amines is 1. The van der Waals surface area contributed by atoms with Crippen molar-refractivity contribution in [3.63, 3.8) is 0 Å². The van der Waals surface area contributed by atoms with Gasteiger partial charge in [-0.1, -0.05) is 34.6 Å². The minimum Gasteiger partial charge on any atom is -0.263 e. The maximum Gasteiger partial charge on any atom is 0.153 e. The lowest BCUT2D eigenvalue weighted by Crippen LogP contribution is -2.30. The molecule has 0 saturated heterocycles. The fourth-order valence-electron chi connectivity index (χ4n) is 3.56. The van der Waals surface area contributed by atoms with Crippen LogP contribution < -0.4 is 0 Å². The predicted molar refractivity (Wildman–Crippen MR) is 74.4 cm³/mol. The van der Waals surface area contributed by atoms with E-state index in [9.17, 15) is 0 Å². The highest BCUT2D eigenvalue weighted by atomic mass is 15.2. The van der Waals surface area contributed by atoms with Crippen LogP contribution in [0.3, 0.4) is 0 Å². The van der Waals surface area contributed by atoms with Gasteiger partial charge in [-0.3, -0.25) is 5.10 Å². The highest BCUT2D eigenvalue weighted by Crippen LogP contribution is 2.39.